The zero-order chi connectivity index (χ0) is 15.3. The Morgan fingerprint density at radius 1 is 1.14 bits per heavy atom. The van der Waals surface area contributed by atoms with Gasteiger partial charge in [-0.2, -0.15) is 0 Å². The molecule has 0 radical (unpaired) electrons. The predicted octanol–water partition coefficient (Wildman–Crippen LogP) is 2.55. The number of aryl methyl sites for hydroxylation is 2. The minimum absolute atomic E-state index is 0.232. The lowest BCUT2D eigenvalue weighted by molar-refractivity contribution is 0.402. The second kappa shape index (κ2) is 7.27. The quantitative estimate of drug-likeness (QED) is 0.849. The van der Waals surface area contributed by atoms with Crippen molar-refractivity contribution in [3.05, 3.63) is 29.3 Å². The van der Waals surface area contributed by atoms with Crippen LogP contribution in [-0.2, 0) is 22.9 Å². The molecule has 4 nitrogen and oxygen atoms in total. The molecule has 0 spiro atoms. The monoisotopic (exact) mass is 310 g/mol. The zero-order valence-corrected chi connectivity index (χ0v) is 13.8. The summed E-state index contributed by atoms with van der Waals surface area (Å²) in [6.45, 7) is 5.96. The zero-order valence-electron chi connectivity index (χ0n) is 13.0. The molecule has 0 unspecified atom stereocenters. The molecule has 1 aliphatic heterocycles. The first kappa shape index (κ1) is 16.3. The smallest absolute Gasteiger partial charge is 0.233 e. The Hall–Kier alpha value is -1.07. The van der Waals surface area contributed by atoms with Gasteiger partial charge in [0.05, 0.1) is 11.4 Å². The fourth-order valence-electron chi connectivity index (χ4n) is 2.93. The summed E-state index contributed by atoms with van der Waals surface area (Å²) in [4.78, 5) is 0. The van der Waals surface area contributed by atoms with E-state index in [4.69, 9.17) is 0 Å². The lowest BCUT2D eigenvalue weighted by atomic mass is 10.0. The van der Waals surface area contributed by atoms with Gasteiger partial charge in [0.15, 0.2) is 0 Å². The van der Waals surface area contributed by atoms with E-state index in [1.54, 1.807) is 0 Å². The summed E-state index contributed by atoms with van der Waals surface area (Å²) >= 11 is 0. The molecule has 1 aromatic carbocycles. The molecular formula is C16H26N2O2S. The summed E-state index contributed by atoms with van der Waals surface area (Å²) in [5.74, 6) is 0.498. The molecule has 1 saturated heterocycles. The van der Waals surface area contributed by atoms with Gasteiger partial charge in [0.2, 0.25) is 10.0 Å². The lowest BCUT2D eigenvalue weighted by Crippen LogP contribution is -2.33. The summed E-state index contributed by atoms with van der Waals surface area (Å²) in [6.07, 6.45) is 3.55. The summed E-state index contributed by atoms with van der Waals surface area (Å²) in [7, 11) is -3.28. The normalized spacial score (nSPS) is 16.9. The van der Waals surface area contributed by atoms with Crippen LogP contribution in [0, 0.1) is 5.92 Å². The lowest BCUT2D eigenvalue weighted by Gasteiger charge is -2.23. The SMILES string of the molecule is CCc1cccc(CC)c1NS(=O)(=O)CC1CCNCC1. The van der Waals surface area contributed by atoms with Crippen molar-refractivity contribution in [3.8, 4) is 0 Å². The third-order valence-electron chi connectivity index (χ3n) is 4.17. The number of benzene rings is 1. The minimum Gasteiger partial charge on any atom is -0.317 e. The number of rotatable bonds is 6. The van der Waals surface area contributed by atoms with Crippen LogP contribution in [0.5, 0.6) is 0 Å². The predicted molar refractivity (Wildman–Crippen MR) is 88.2 cm³/mol. The average Bonchev–Trinajstić information content (AvgIpc) is 2.47. The van der Waals surface area contributed by atoms with Crippen LogP contribution in [0.15, 0.2) is 18.2 Å². The van der Waals surface area contributed by atoms with Crippen molar-refractivity contribution in [1.82, 2.24) is 5.32 Å². The van der Waals surface area contributed by atoms with Crippen LogP contribution in [0.25, 0.3) is 0 Å². The topological polar surface area (TPSA) is 58.2 Å². The van der Waals surface area contributed by atoms with E-state index in [0.29, 0.717) is 0 Å². The number of sulfonamides is 1. The van der Waals surface area contributed by atoms with Crippen molar-refractivity contribution < 1.29 is 8.42 Å². The Labute approximate surface area is 128 Å². The third-order valence-corrected chi connectivity index (χ3v) is 5.60. The van der Waals surface area contributed by atoms with Gasteiger partial charge in [-0.15, -0.1) is 0 Å². The number of anilines is 1. The van der Waals surface area contributed by atoms with E-state index in [2.05, 4.69) is 23.9 Å². The van der Waals surface area contributed by atoms with Gasteiger partial charge in [-0.1, -0.05) is 32.0 Å². The molecule has 1 heterocycles. The number of piperidine rings is 1. The molecule has 0 amide bonds. The molecule has 0 aliphatic carbocycles. The van der Waals surface area contributed by atoms with Gasteiger partial charge in [-0.05, 0) is 55.8 Å². The number of hydrogen-bond donors (Lipinski definition) is 2. The van der Waals surface area contributed by atoms with Crippen LogP contribution in [-0.4, -0.2) is 27.3 Å². The minimum atomic E-state index is -3.28. The number of para-hydroxylation sites is 1. The molecule has 0 atom stereocenters. The Bertz CT molecular complexity index is 541. The fourth-order valence-corrected chi connectivity index (χ4v) is 4.54. The fraction of sp³-hybridized carbons (Fsp3) is 0.625. The molecule has 2 N–H and O–H groups in total. The van der Waals surface area contributed by atoms with Crippen LogP contribution < -0.4 is 10.0 Å². The molecule has 2 rings (SSSR count). The van der Waals surface area contributed by atoms with E-state index >= 15 is 0 Å². The highest BCUT2D eigenvalue weighted by Crippen LogP contribution is 2.25. The van der Waals surface area contributed by atoms with E-state index < -0.39 is 10.0 Å². The van der Waals surface area contributed by atoms with Crippen LogP contribution >= 0.6 is 0 Å². The first-order chi connectivity index (χ1) is 10.1. The second-order valence-electron chi connectivity index (χ2n) is 5.74. The van der Waals surface area contributed by atoms with Crippen molar-refractivity contribution >= 4 is 15.7 Å². The molecule has 5 heteroatoms. The second-order valence-corrected chi connectivity index (χ2v) is 7.50. The van der Waals surface area contributed by atoms with Crippen LogP contribution in [0.1, 0.15) is 37.8 Å². The Kier molecular flexibility index (Phi) is 5.65. The van der Waals surface area contributed by atoms with Gasteiger partial charge >= 0.3 is 0 Å². The van der Waals surface area contributed by atoms with E-state index in [9.17, 15) is 8.42 Å². The Morgan fingerprint density at radius 3 is 2.24 bits per heavy atom. The third kappa shape index (κ3) is 4.45. The molecule has 0 saturated carbocycles. The van der Waals surface area contributed by atoms with E-state index in [1.807, 2.05) is 18.2 Å². The largest absolute Gasteiger partial charge is 0.317 e. The summed E-state index contributed by atoms with van der Waals surface area (Å²) in [6, 6.07) is 6.01. The Balaban J connectivity index is 2.15. The molecular weight excluding hydrogens is 284 g/mol. The first-order valence-corrected chi connectivity index (χ1v) is 9.53. The van der Waals surface area contributed by atoms with Gasteiger partial charge in [-0.3, -0.25) is 4.72 Å². The van der Waals surface area contributed by atoms with Gasteiger partial charge in [0, 0.05) is 0 Å². The molecule has 1 fully saturated rings. The summed E-state index contributed by atoms with van der Waals surface area (Å²) < 4.78 is 27.8. The van der Waals surface area contributed by atoms with Crippen LogP contribution in [0.3, 0.4) is 0 Å². The van der Waals surface area contributed by atoms with E-state index in [1.165, 1.54) is 0 Å². The number of nitrogens with one attached hydrogen (secondary N) is 2. The van der Waals surface area contributed by atoms with Gasteiger partial charge in [0.25, 0.3) is 0 Å². The van der Waals surface area contributed by atoms with Crippen LogP contribution in [0.2, 0.25) is 0 Å². The van der Waals surface area contributed by atoms with Gasteiger partial charge < -0.3 is 5.32 Å². The molecule has 1 aliphatic rings. The van der Waals surface area contributed by atoms with Gasteiger partial charge in [-0.25, -0.2) is 8.42 Å². The maximum Gasteiger partial charge on any atom is 0.233 e. The van der Waals surface area contributed by atoms with Crippen molar-refractivity contribution in [2.45, 2.75) is 39.5 Å². The van der Waals surface area contributed by atoms with E-state index in [-0.39, 0.29) is 11.7 Å². The first-order valence-electron chi connectivity index (χ1n) is 7.87. The maximum absolute atomic E-state index is 12.5. The maximum atomic E-state index is 12.5. The standard InChI is InChI=1S/C16H26N2O2S/c1-3-14-6-5-7-15(4-2)16(14)18-21(19,20)12-13-8-10-17-11-9-13/h5-7,13,17-18H,3-4,8-12H2,1-2H3. The van der Waals surface area contributed by atoms with Crippen LogP contribution in [0.4, 0.5) is 5.69 Å². The summed E-state index contributed by atoms with van der Waals surface area (Å²) in [5.41, 5.74) is 2.95. The van der Waals surface area contributed by atoms with E-state index in [0.717, 1.165) is 55.6 Å². The average molecular weight is 310 g/mol. The molecule has 118 valence electrons. The van der Waals surface area contributed by atoms with Crippen molar-refractivity contribution in [2.75, 3.05) is 23.6 Å². The van der Waals surface area contributed by atoms with Crippen molar-refractivity contribution in [1.29, 1.82) is 0 Å². The highest BCUT2D eigenvalue weighted by molar-refractivity contribution is 7.92. The van der Waals surface area contributed by atoms with Gasteiger partial charge in [0.1, 0.15) is 0 Å². The Morgan fingerprint density at radius 2 is 1.71 bits per heavy atom. The highest BCUT2D eigenvalue weighted by Gasteiger charge is 2.22. The molecule has 0 bridgehead atoms. The van der Waals surface area contributed by atoms with Crippen molar-refractivity contribution in [3.63, 3.8) is 0 Å². The number of hydrogen-bond acceptors (Lipinski definition) is 3. The van der Waals surface area contributed by atoms with Crippen molar-refractivity contribution in [2.24, 2.45) is 5.92 Å². The summed E-state index contributed by atoms with van der Waals surface area (Å²) in [5, 5.41) is 3.27. The highest BCUT2D eigenvalue weighted by atomic mass is 32.2. The molecule has 21 heavy (non-hydrogen) atoms. The molecule has 1 aromatic rings. The molecule has 0 aromatic heterocycles.